The van der Waals surface area contributed by atoms with E-state index in [4.69, 9.17) is 0 Å². The number of hydrogen-bond donors (Lipinski definition) is 1. The molecule has 0 saturated carbocycles. The lowest BCUT2D eigenvalue weighted by molar-refractivity contribution is -0.150. The van der Waals surface area contributed by atoms with E-state index in [9.17, 15) is 18.0 Å². The molecule has 4 rings (SSSR count). The van der Waals surface area contributed by atoms with Crippen molar-refractivity contribution < 1.29 is 18.0 Å². The third-order valence-corrected chi connectivity index (χ3v) is 5.35. The van der Waals surface area contributed by atoms with Gasteiger partial charge in [-0.25, -0.2) is 9.97 Å². The maximum absolute atomic E-state index is 12.4. The van der Waals surface area contributed by atoms with Crippen molar-refractivity contribution in [3.05, 3.63) is 30.5 Å². The van der Waals surface area contributed by atoms with Gasteiger partial charge >= 0.3 is 6.18 Å². The number of H-pyrrole nitrogens is 1. The number of alkyl halides is 3. The number of imidazole rings is 1. The van der Waals surface area contributed by atoms with Crippen LogP contribution in [0, 0.1) is 5.92 Å². The molecule has 4 heterocycles. The van der Waals surface area contributed by atoms with Gasteiger partial charge < -0.3 is 9.88 Å². The number of aromatic nitrogens is 4. The number of likely N-dealkylation sites (tertiary alicyclic amines) is 1. The predicted molar refractivity (Wildman–Crippen MR) is 93.2 cm³/mol. The van der Waals surface area contributed by atoms with E-state index in [0.717, 1.165) is 28.9 Å². The second kappa shape index (κ2) is 6.54. The molecule has 1 saturated heterocycles. The number of rotatable bonds is 3. The molecule has 1 N–H and O–H groups in total. The Morgan fingerprint density at radius 3 is 2.89 bits per heavy atom. The van der Waals surface area contributed by atoms with Gasteiger partial charge in [-0.3, -0.25) is 9.20 Å². The van der Waals surface area contributed by atoms with Crippen LogP contribution >= 0.6 is 0 Å². The molecule has 144 valence electrons. The summed E-state index contributed by atoms with van der Waals surface area (Å²) in [7, 11) is 0. The van der Waals surface area contributed by atoms with Crippen molar-refractivity contribution in [2.24, 2.45) is 5.92 Å². The van der Waals surface area contributed by atoms with Crippen molar-refractivity contribution in [3.8, 4) is 0 Å². The summed E-state index contributed by atoms with van der Waals surface area (Å²) in [5.41, 5.74) is 2.49. The standard InChI is InChI=1S/C18H20F3N5O/c1-11-4-7-25(15(27)2-5-18(19,20)21)10-13(11)17-24-9-12-8-23-16-14(26(12)17)3-6-22-16/h3,6,8-9,11,13,22H,2,4-5,7,10H2,1H3/t11-,13+/m1/s1. The highest BCUT2D eigenvalue weighted by molar-refractivity contribution is 5.77. The minimum Gasteiger partial charge on any atom is -0.345 e. The summed E-state index contributed by atoms with van der Waals surface area (Å²) in [5.74, 6) is 0.595. The summed E-state index contributed by atoms with van der Waals surface area (Å²) in [6.07, 6.45) is 0.117. The number of piperidine rings is 1. The normalized spacial score (nSPS) is 21.3. The third-order valence-electron chi connectivity index (χ3n) is 5.35. The number of nitrogens with one attached hydrogen (secondary N) is 1. The van der Waals surface area contributed by atoms with Crippen LogP contribution in [0.2, 0.25) is 0 Å². The zero-order valence-electron chi connectivity index (χ0n) is 14.8. The van der Waals surface area contributed by atoms with Crippen LogP contribution in [0.5, 0.6) is 0 Å². The predicted octanol–water partition coefficient (Wildman–Crippen LogP) is 3.51. The molecule has 1 amide bonds. The van der Waals surface area contributed by atoms with Gasteiger partial charge in [0.05, 0.1) is 29.8 Å². The van der Waals surface area contributed by atoms with Crippen molar-refractivity contribution >= 4 is 22.6 Å². The zero-order valence-corrected chi connectivity index (χ0v) is 14.8. The number of carbonyl (C=O) groups excluding carboxylic acids is 1. The van der Waals surface area contributed by atoms with E-state index in [1.807, 2.05) is 10.5 Å². The molecule has 1 aliphatic heterocycles. The first kappa shape index (κ1) is 17.8. The summed E-state index contributed by atoms with van der Waals surface area (Å²) < 4.78 is 39.4. The number of hydrogen-bond acceptors (Lipinski definition) is 3. The molecule has 0 spiro atoms. The van der Waals surface area contributed by atoms with Gasteiger partial charge in [0.1, 0.15) is 5.82 Å². The minimum atomic E-state index is -4.32. The van der Waals surface area contributed by atoms with Gasteiger partial charge in [-0.1, -0.05) is 6.92 Å². The molecule has 9 heteroatoms. The van der Waals surface area contributed by atoms with Crippen LogP contribution in [0.15, 0.2) is 24.7 Å². The Morgan fingerprint density at radius 1 is 1.33 bits per heavy atom. The Labute approximate surface area is 153 Å². The van der Waals surface area contributed by atoms with Crippen LogP contribution in [0.25, 0.3) is 16.7 Å². The van der Waals surface area contributed by atoms with Crippen molar-refractivity contribution in [1.29, 1.82) is 0 Å². The maximum atomic E-state index is 12.4. The minimum absolute atomic E-state index is 0.0448. The Kier molecular flexibility index (Phi) is 4.32. The largest absolute Gasteiger partial charge is 0.389 e. The summed E-state index contributed by atoms with van der Waals surface area (Å²) >= 11 is 0. The topological polar surface area (TPSA) is 66.3 Å². The first-order valence-corrected chi connectivity index (χ1v) is 8.97. The SMILES string of the molecule is C[C@@H]1CCN(C(=O)CCC(F)(F)F)C[C@@H]1c1ncc2cnc3[nH]ccc3n12. The second-order valence-corrected chi connectivity index (χ2v) is 7.17. The molecule has 6 nitrogen and oxygen atoms in total. The maximum Gasteiger partial charge on any atom is 0.389 e. The quantitative estimate of drug-likeness (QED) is 0.757. The van der Waals surface area contributed by atoms with Gasteiger partial charge in [-0.15, -0.1) is 0 Å². The van der Waals surface area contributed by atoms with Crippen LogP contribution in [-0.4, -0.2) is 49.4 Å². The Morgan fingerprint density at radius 2 is 2.11 bits per heavy atom. The van der Waals surface area contributed by atoms with Gasteiger partial charge in [0.25, 0.3) is 0 Å². The Bertz CT molecular complexity index is 976. The van der Waals surface area contributed by atoms with Crippen LogP contribution in [0.1, 0.15) is 37.9 Å². The Balaban J connectivity index is 1.62. The molecule has 3 aromatic heterocycles. The average Bonchev–Trinajstić information content (AvgIpc) is 3.25. The monoisotopic (exact) mass is 379 g/mol. The van der Waals surface area contributed by atoms with Crippen molar-refractivity contribution in [2.75, 3.05) is 13.1 Å². The molecule has 2 atom stereocenters. The van der Waals surface area contributed by atoms with E-state index < -0.39 is 24.9 Å². The summed E-state index contributed by atoms with van der Waals surface area (Å²) in [4.78, 5) is 25.8. The molecule has 1 fully saturated rings. The van der Waals surface area contributed by atoms with E-state index in [2.05, 4.69) is 21.9 Å². The van der Waals surface area contributed by atoms with Crippen LogP contribution in [0.3, 0.4) is 0 Å². The lowest BCUT2D eigenvalue weighted by Crippen LogP contribution is -2.42. The van der Waals surface area contributed by atoms with E-state index in [1.54, 1.807) is 23.5 Å². The smallest absolute Gasteiger partial charge is 0.345 e. The number of halogens is 3. The highest BCUT2D eigenvalue weighted by Crippen LogP contribution is 2.33. The number of aromatic amines is 1. The molecule has 0 unspecified atom stereocenters. The first-order valence-electron chi connectivity index (χ1n) is 8.97. The van der Waals surface area contributed by atoms with Crippen LogP contribution < -0.4 is 0 Å². The highest BCUT2D eigenvalue weighted by Gasteiger charge is 2.34. The molecule has 1 aliphatic rings. The Hall–Kier alpha value is -2.58. The van der Waals surface area contributed by atoms with E-state index in [1.165, 1.54) is 0 Å². The average molecular weight is 379 g/mol. The van der Waals surface area contributed by atoms with Gasteiger partial charge in [-0.2, -0.15) is 13.2 Å². The number of amides is 1. The van der Waals surface area contributed by atoms with Gasteiger partial charge in [-0.05, 0) is 18.4 Å². The number of fused-ring (bicyclic) bond motifs is 3. The molecule has 3 aromatic rings. The first-order chi connectivity index (χ1) is 12.8. The van der Waals surface area contributed by atoms with Crippen LogP contribution in [-0.2, 0) is 4.79 Å². The molecular weight excluding hydrogens is 359 g/mol. The number of carbonyl (C=O) groups is 1. The van der Waals surface area contributed by atoms with Crippen molar-refractivity contribution in [1.82, 2.24) is 24.3 Å². The summed E-state index contributed by atoms with van der Waals surface area (Å²) in [6.45, 7) is 2.96. The lowest BCUT2D eigenvalue weighted by atomic mass is 9.86. The summed E-state index contributed by atoms with van der Waals surface area (Å²) in [6, 6.07) is 1.92. The van der Waals surface area contributed by atoms with E-state index in [0.29, 0.717) is 13.1 Å². The molecule has 0 bridgehead atoms. The van der Waals surface area contributed by atoms with Crippen LogP contribution in [0.4, 0.5) is 13.2 Å². The van der Waals surface area contributed by atoms with Crippen molar-refractivity contribution in [3.63, 3.8) is 0 Å². The summed E-state index contributed by atoms with van der Waals surface area (Å²) in [5, 5.41) is 0. The van der Waals surface area contributed by atoms with E-state index in [-0.39, 0.29) is 11.8 Å². The molecular formula is C18H20F3N5O. The van der Waals surface area contributed by atoms with Gasteiger partial charge in [0.2, 0.25) is 5.91 Å². The molecule has 0 radical (unpaired) electrons. The van der Waals surface area contributed by atoms with Crippen molar-refractivity contribution in [2.45, 2.75) is 38.3 Å². The zero-order chi connectivity index (χ0) is 19.2. The molecule has 0 aromatic carbocycles. The van der Waals surface area contributed by atoms with E-state index >= 15 is 0 Å². The fourth-order valence-electron chi connectivity index (χ4n) is 3.80. The van der Waals surface area contributed by atoms with Gasteiger partial charge in [0.15, 0.2) is 5.65 Å². The fourth-order valence-corrected chi connectivity index (χ4v) is 3.80. The molecule has 0 aliphatic carbocycles. The highest BCUT2D eigenvalue weighted by atomic mass is 19.4. The second-order valence-electron chi connectivity index (χ2n) is 7.17. The number of nitrogens with zero attached hydrogens (tertiary/aromatic N) is 4. The lowest BCUT2D eigenvalue weighted by Gasteiger charge is -2.36. The fraction of sp³-hybridized carbons (Fsp3) is 0.500. The molecule has 27 heavy (non-hydrogen) atoms. The third kappa shape index (κ3) is 3.38. The van der Waals surface area contributed by atoms with Gasteiger partial charge in [0, 0.05) is 31.6 Å².